The first-order valence-corrected chi connectivity index (χ1v) is 13.1. The topological polar surface area (TPSA) is 101 Å². The average Bonchev–Trinajstić information content (AvgIpc) is 2.77. The molecule has 0 aromatic heterocycles. The molecule has 0 aliphatic carbocycles. The number of sulfonamides is 1. The maximum Gasteiger partial charge on any atom is 0.243 e. The summed E-state index contributed by atoms with van der Waals surface area (Å²) in [5.41, 5.74) is 0. The van der Waals surface area contributed by atoms with Crippen LogP contribution in [0.5, 0.6) is 0 Å². The van der Waals surface area contributed by atoms with Gasteiger partial charge in [-0.3, -0.25) is 4.79 Å². The molecule has 7 nitrogen and oxygen atoms in total. The second kappa shape index (κ2) is 9.88. The third kappa shape index (κ3) is 5.90. The van der Waals surface area contributed by atoms with E-state index in [1.54, 1.807) is 30.3 Å². The van der Waals surface area contributed by atoms with Gasteiger partial charge in [0.25, 0.3) is 0 Å². The Balaban J connectivity index is 1.44. The molecule has 0 spiro atoms. The Morgan fingerprint density at radius 2 is 1.55 bits per heavy atom. The minimum Gasteiger partial charge on any atom is -0.356 e. The van der Waals surface area contributed by atoms with Gasteiger partial charge in [-0.15, -0.1) is 0 Å². The van der Waals surface area contributed by atoms with E-state index in [-0.39, 0.29) is 47.0 Å². The van der Waals surface area contributed by atoms with Crippen molar-refractivity contribution in [1.29, 1.82) is 0 Å². The molecule has 0 atom stereocenters. The van der Waals surface area contributed by atoms with Crippen LogP contribution in [-0.2, 0) is 24.7 Å². The first-order valence-electron chi connectivity index (χ1n) is 10.0. The predicted molar refractivity (Wildman–Crippen MR) is 114 cm³/mol. The van der Waals surface area contributed by atoms with Crippen LogP contribution in [0.25, 0.3) is 0 Å². The Morgan fingerprint density at radius 3 is 2.16 bits per heavy atom. The van der Waals surface area contributed by atoms with Crippen molar-refractivity contribution < 1.29 is 26.0 Å². The largest absolute Gasteiger partial charge is 0.356 e. The van der Waals surface area contributed by atoms with Crippen molar-refractivity contribution in [2.75, 3.05) is 25.4 Å². The van der Waals surface area contributed by atoms with Gasteiger partial charge in [0.2, 0.25) is 15.9 Å². The van der Waals surface area contributed by atoms with Gasteiger partial charge in [-0.05, 0) is 55.7 Å². The van der Waals surface area contributed by atoms with Gasteiger partial charge in [0.1, 0.15) is 5.82 Å². The summed E-state index contributed by atoms with van der Waals surface area (Å²) in [7, 11) is -7.11. The van der Waals surface area contributed by atoms with Gasteiger partial charge in [0.05, 0.1) is 15.5 Å². The predicted octanol–water partition coefficient (Wildman–Crippen LogP) is 2.21. The fourth-order valence-electron chi connectivity index (χ4n) is 3.48. The minimum atomic E-state index is -3.72. The highest BCUT2D eigenvalue weighted by Crippen LogP contribution is 2.24. The van der Waals surface area contributed by atoms with Crippen LogP contribution < -0.4 is 5.32 Å². The lowest BCUT2D eigenvalue weighted by Crippen LogP contribution is -2.43. The molecule has 0 radical (unpaired) electrons. The number of benzene rings is 2. The molecular weight excluding hydrogens is 443 g/mol. The summed E-state index contributed by atoms with van der Waals surface area (Å²) in [6.45, 7) is 0.624. The van der Waals surface area contributed by atoms with E-state index in [1.807, 2.05) is 0 Å². The molecular formula is C21H25FN2O5S2. The summed E-state index contributed by atoms with van der Waals surface area (Å²) in [4.78, 5) is 12.7. The van der Waals surface area contributed by atoms with Crippen molar-refractivity contribution in [2.45, 2.75) is 29.1 Å². The molecule has 31 heavy (non-hydrogen) atoms. The lowest BCUT2D eigenvalue weighted by atomic mass is 9.97. The summed E-state index contributed by atoms with van der Waals surface area (Å²) < 4.78 is 64.1. The number of hydrogen-bond acceptors (Lipinski definition) is 5. The second-order valence-electron chi connectivity index (χ2n) is 7.41. The zero-order valence-corrected chi connectivity index (χ0v) is 18.5. The number of nitrogens with one attached hydrogen (secondary N) is 1. The van der Waals surface area contributed by atoms with E-state index in [0.717, 1.165) is 12.1 Å². The van der Waals surface area contributed by atoms with Crippen LogP contribution in [0.4, 0.5) is 4.39 Å². The van der Waals surface area contributed by atoms with Crippen molar-refractivity contribution in [1.82, 2.24) is 9.62 Å². The van der Waals surface area contributed by atoms with Crippen molar-refractivity contribution in [3.05, 3.63) is 60.4 Å². The van der Waals surface area contributed by atoms with Crippen molar-refractivity contribution in [3.8, 4) is 0 Å². The van der Waals surface area contributed by atoms with Gasteiger partial charge in [-0.25, -0.2) is 21.2 Å². The summed E-state index contributed by atoms with van der Waals surface area (Å²) in [5, 5.41) is 2.75. The van der Waals surface area contributed by atoms with E-state index < -0.39 is 25.7 Å². The smallest absolute Gasteiger partial charge is 0.243 e. The third-order valence-electron chi connectivity index (χ3n) is 5.27. The molecule has 0 bridgehead atoms. The molecule has 1 fully saturated rings. The highest BCUT2D eigenvalue weighted by atomic mass is 32.2. The Hall–Kier alpha value is -2.30. The Bertz CT molecular complexity index is 1100. The van der Waals surface area contributed by atoms with Crippen LogP contribution in [0.15, 0.2) is 64.4 Å². The highest BCUT2D eigenvalue weighted by molar-refractivity contribution is 7.91. The number of rotatable bonds is 8. The zero-order chi connectivity index (χ0) is 22.5. The Labute approximate surface area is 182 Å². The zero-order valence-electron chi connectivity index (χ0n) is 16.9. The molecule has 2 aromatic rings. The fourth-order valence-corrected chi connectivity index (χ4v) is 6.28. The molecule has 0 saturated carbocycles. The molecule has 10 heteroatoms. The molecule has 168 valence electrons. The fraction of sp³-hybridized carbons (Fsp3) is 0.381. The van der Waals surface area contributed by atoms with Crippen LogP contribution in [0.1, 0.15) is 19.3 Å². The number of halogens is 1. The van der Waals surface area contributed by atoms with Crippen LogP contribution in [-0.4, -0.2) is 52.4 Å². The Kier molecular flexibility index (Phi) is 7.45. The van der Waals surface area contributed by atoms with E-state index in [1.165, 1.54) is 16.4 Å². The molecule has 1 aliphatic rings. The maximum absolute atomic E-state index is 13.1. The standard InChI is InChI=1S/C21H25FN2O5S2/c22-18-7-9-20(10-8-18)31(28,29)24-14-11-17(12-15-24)21(25)23-13-4-16-30(26,27)19-5-2-1-3-6-19/h1-3,5-10,17H,4,11-16H2,(H,23,25). The maximum atomic E-state index is 13.1. The van der Waals surface area contributed by atoms with E-state index in [0.29, 0.717) is 19.3 Å². The van der Waals surface area contributed by atoms with Crippen LogP contribution >= 0.6 is 0 Å². The monoisotopic (exact) mass is 468 g/mol. The van der Waals surface area contributed by atoms with Gasteiger partial charge in [0, 0.05) is 25.6 Å². The SMILES string of the molecule is O=C(NCCCS(=O)(=O)c1ccccc1)C1CCN(S(=O)(=O)c2ccc(F)cc2)CC1. The lowest BCUT2D eigenvalue weighted by Gasteiger charge is -2.30. The highest BCUT2D eigenvalue weighted by Gasteiger charge is 2.32. The Morgan fingerprint density at radius 1 is 0.935 bits per heavy atom. The van der Waals surface area contributed by atoms with Crippen molar-refractivity contribution >= 4 is 25.8 Å². The van der Waals surface area contributed by atoms with E-state index in [9.17, 15) is 26.0 Å². The normalized spacial score (nSPS) is 16.2. The third-order valence-corrected chi connectivity index (χ3v) is 9.00. The van der Waals surface area contributed by atoms with Crippen LogP contribution in [0.3, 0.4) is 0 Å². The van der Waals surface area contributed by atoms with E-state index in [4.69, 9.17) is 0 Å². The number of amides is 1. The molecule has 2 aromatic carbocycles. The molecule has 1 heterocycles. The molecule has 1 N–H and O–H groups in total. The van der Waals surface area contributed by atoms with Crippen molar-refractivity contribution in [2.24, 2.45) is 5.92 Å². The molecule has 3 rings (SSSR count). The minimum absolute atomic E-state index is 0.0245. The summed E-state index contributed by atoms with van der Waals surface area (Å²) in [6, 6.07) is 12.8. The number of carbonyl (C=O) groups is 1. The van der Waals surface area contributed by atoms with E-state index in [2.05, 4.69) is 5.32 Å². The van der Waals surface area contributed by atoms with Gasteiger partial charge in [-0.1, -0.05) is 18.2 Å². The average molecular weight is 469 g/mol. The summed E-state index contributed by atoms with van der Waals surface area (Å²) in [5.74, 6) is -1.10. The second-order valence-corrected chi connectivity index (χ2v) is 11.5. The van der Waals surface area contributed by atoms with Crippen LogP contribution in [0, 0.1) is 11.7 Å². The number of nitrogens with zero attached hydrogens (tertiary/aromatic N) is 1. The van der Waals surface area contributed by atoms with Gasteiger partial charge in [-0.2, -0.15) is 4.31 Å². The first-order chi connectivity index (χ1) is 14.7. The van der Waals surface area contributed by atoms with Gasteiger partial charge < -0.3 is 5.32 Å². The molecule has 1 saturated heterocycles. The quantitative estimate of drug-likeness (QED) is 0.599. The van der Waals surface area contributed by atoms with Gasteiger partial charge >= 0.3 is 0 Å². The summed E-state index contributed by atoms with van der Waals surface area (Å²) in [6.07, 6.45) is 1.03. The number of carbonyl (C=O) groups excluding carboxylic acids is 1. The molecule has 1 amide bonds. The number of hydrogen-bond donors (Lipinski definition) is 1. The molecule has 0 unspecified atom stereocenters. The van der Waals surface area contributed by atoms with Crippen LogP contribution in [0.2, 0.25) is 0 Å². The summed E-state index contributed by atoms with van der Waals surface area (Å²) >= 11 is 0. The number of piperidine rings is 1. The lowest BCUT2D eigenvalue weighted by molar-refractivity contribution is -0.126. The first kappa shape index (κ1) is 23.4. The molecule has 1 aliphatic heterocycles. The van der Waals surface area contributed by atoms with E-state index >= 15 is 0 Å². The van der Waals surface area contributed by atoms with Crippen molar-refractivity contribution in [3.63, 3.8) is 0 Å². The number of sulfone groups is 1. The van der Waals surface area contributed by atoms with Gasteiger partial charge in [0.15, 0.2) is 9.84 Å².